The molecule has 0 radical (unpaired) electrons. The van der Waals surface area contributed by atoms with Crippen LogP contribution in [-0.2, 0) is 0 Å². The first-order chi connectivity index (χ1) is 8.65. The van der Waals surface area contributed by atoms with Crippen LogP contribution in [0.2, 0.25) is 0 Å². The molecule has 2 heterocycles. The summed E-state index contributed by atoms with van der Waals surface area (Å²) in [6, 6.07) is 6.57. The maximum Gasteiger partial charge on any atom is 0.358 e. The minimum Gasteiger partial charge on any atom is -0.508 e. The van der Waals surface area contributed by atoms with Gasteiger partial charge in [-0.2, -0.15) is 0 Å². The first kappa shape index (κ1) is 10.4. The van der Waals surface area contributed by atoms with E-state index < -0.39 is 5.97 Å². The van der Waals surface area contributed by atoms with E-state index in [9.17, 15) is 9.90 Å². The second-order valence-corrected chi connectivity index (χ2v) is 3.79. The van der Waals surface area contributed by atoms with E-state index >= 15 is 0 Å². The molecule has 0 saturated heterocycles. The number of carboxylic acids is 1. The minimum atomic E-state index is -1.15. The van der Waals surface area contributed by atoms with Crippen LogP contribution in [0.5, 0.6) is 5.75 Å². The van der Waals surface area contributed by atoms with E-state index in [1.807, 2.05) is 0 Å². The van der Waals surface area contributed by atoms with Gasteiger partial charge in [-0.25, -0.2) is 9.78 Å². The lowest BCUT2D eigenvalue weighted by Crippen LogP contribution is -1.98. The summed E-state index contributed by atoms with van der Waals surface area (Å²) >= 11 is 0. The summed E-state index contributed by atoms with van der Waals surface area (Å²) < 4.78 is 5.09. The van der Waals surface area contributed by atoms with Crippen molar-refractivity contribution in [2.24, 2.45) is 0 Å². The lowest BCUT2D eigenvalue weighted by molar-refractivity contribution is 0.0691. The third-order valence-corrected chi connectivity index (χ3v) is 2.62. The summed E-state index contributed by atoms with van der Waals surface area (Å²) in [6.45, 7) is 0. The van der Waals surface area contributed by atoms with Gasteiger partial charge in [0.25, 0.3) is 0 Å². The van der Waals surface area contributed by atoms with Gasteiger partial charge < -0.3 is 19.6 Å². The Kier molecular flexibility index (Phi) is 2.09. The number of aromatic amines is 1. The Labute approximate surface area is 101 Å². The first-order valence-corrected chi connectivity index (χ1v) is 5.14. The van der Waals surface area contributed by atoms with Crippen molar-refractivity contribution < 1.29 is 19.4 Å². The topological polar surface area (TPSA) is 99.3 Å². The molecule has 0 aliphatic rings. The standard InChI is InChI=1S/C12H8N2O4/c15-7-2-1-6-3-9(14-8(6)4-7)11-10(12(16)17)13-5-18-11/h1-5,14-15H,(H,16,17). The number of benzene rings is 1. The van der Waals surface area contributed by atoms with Crippen molar-refractivity contribution in [2.45, 2.75) is 0 Å². The van der Waals surface area contributed by atoms with E-state index in [0.29, 0.717) is 11.2 Å². The molecule has 6 nitrogen and oxygen atoms in total. The molecule has 0 spiro atoms. The van der Waals surface area contributed by atoms with Gasteiger partial charge in [-0.15, -0.1) is 0 Å². The van der Waals surface area contributed by atoms with Crippen molar-refractivity contribution >= 4 is 16.9 Å². The van der Waals surface area contributed by atoms with Crippen LogP contribution in [0, 0.1) is 0 Å². The molecule has 3 rings (SSSR count). The first-order valence-electron chi connectivity index (χ1n) is 5.14. The van der Waals surface area contributed by atoms with Gasteiger partial charge in [0, 0.05) is 17.0 Å². The van der Waals surface area contributed by atoms with Gasteiger partial charge in [0.2, 0.25) is 0 Å². The lowest BCUT2D eigenvalue weighted by atomic mass is 10.2. The van der Waals surface area contributed by atoms with E-state index in [2.05, 4.69) is 9.97 Å². The van der Waals surface area contributed by atoms with Crippen LogP contribution >= 0.6 is 0 Å². The number of aromatic hydroxyl groups is 1. The summed E-state index contributed by atoms with van der Waals surface area (Å²) in [7, 11) is 0. The van der Waals surface area contributed by atoms with Crippen LogP contribution in [0.1, 0.15) is 10.5 Å². The predicted octanol–water partition coefficient (Wildman–Crippen LogP) is 2.23. The van der Waals surface area contributed by atoms with Gasteiger partial charge in [0.1, 0.15) is 5.75 Å². The number of oxazole rings is 1. The monoisotopic (exact) mass is 244 g/mol. The zero-order chi connectivity index (χ0) is 12.7. The van der Waals surface area contributed by atoms with E-state index in [1.54, 1.807) is 24.3 Å². The van der Waals surface area contributed by atoms with Crippen molar-refractivity contribution in [1.82, 2.24) is 9.97 Å². The quantitative estimate of drug-likeness (QED) is 0.641. The van der Waals surface area contributed by atoms with Gasteiger partial charge in [-0.3, -0.25) is 0 Å². The van der Waals surface area contributed by atoms with Crippen LogP contribution in [0.4, 0.5) is 0 Å². The molecule has 0 atom stereocenters. The molecule has 0 bridgehead atoms. The molecule has 0 unspecified atom stereocenters. The summed E-state index contributed by atoms with van der Waals surface area (Å²) in [5.74, 6) is -0.856. The molecular weight excluding hydrogens is 236 g/mol. The van der Waals surface area contributed by atoms with Crippen molar-refractivity contribution in [3.8, 4) is 17.2 Å². The predicted molar refractivity (Wildman–Crippen MR) is 62.4 cm³/mol. The molecule has 0 aliphatic heterocycles. The van der Waals surface area contributed by atoms with E-state index in [0.717, 1.165) is 11.8 Å². The Morgan fingerprint density at radius 2 is 2.17 bits per heavy atom. The maximum absolute atomic E-state index is 10.9. The van der Waals surface area contributed by atoms with E-state index in [4.69, 9.17) is 9.52 Å². The zero-order valence-corrected chi connectivity index (χ0v) is 9.04. The molecule has 0 saturated carbocycles. The molecule has 0 amide bonds. The third-order valence-electron chi connectivity index (χ3n) is 2.62. The van der Waals surface area contributed by atoms with Crippen molar-refractivity contribution in [3.05, 3.63) is 36.4 Å². The van der Waals surface area contributed by atoms with Gasteiger partial charge in [0.05, 0.1) is 5.69 Å². The number of H-pyrrole nitrogens is 1. The molecule has 2 aromatic heterocycles. The highest BCUT2D eigenvalue weighted by Crippen LogP contribution is 2.28. The minimum absolute atomic E-state index is 0.131. The number of carboxylic acid groups (broad SMARTS) is 1. The number of carbonyl (C=O) groups is 1. The van der Waals surface area contributed by atoms with Crippen molar-refractivity contribution in [1.29, 1.82) is 0 Å². The number of rotatable bonds is 2. The van der Waals surface area contributed by atoms with Crippen molar-refractivity contribution in [2.75, 3.05) is 0 Å². The third kappa shape index (κ3) is 1.51. The number of aromatic nitrogens is 2. The van der Waals surface area contributed by atoms with Crippen LogP contribution in [0.25, 0.3) is 22.4 Å². The second kappa shape index (κ2) is 3.63. The fourth-order valence-corrected chi connectivity index (χ4v) is 1.83. The van der Waals surface area contributed by atoms with E-state index in [-0.39, 0.29) is 17.2 Å². The molecular formula is C12H8N2O4. The Balaban J connectivity index is 2.19. The summed E-state index contributed by atoms with van der Waals surface area (Å²) in [4.78, 5) is 17.6. The SMILES string of the molecule is O=C(O)c1ncoc1-c1cc2ccc(O)cc2[nH]1. The summed E-state index contributed by atoms with van der Waals surface area (Å²) in [5, 5.41) is 19.2. The van der Waals surface area contributed by atoms with Gasteiger partial charge in [0.15, 0.2) is 17.8 Å². The van der Waals surface area contributed by atoms with Gasteiger partial charge in [-0.1, -0.05) is 0 Å². The molecule has 3 N–H and O–H groups in total. The highest BCUT2D eigenvalue weighted by Gasteiger charge is 2.18. The van der Waals surface area contributed by atoms with Crippen molar-refractivity contribution in [3.63, 3.8) is 0 Å². The van der Waals surface area contributed by atoms with E-state index in [1.165, 1.54) is 0 Å². The number of phenolic OH excluding ortho intramolecular Hbond substituents is 1. The van der Waals surface area contributed by atoms with Crippen LogP contribution in [-0.4, -0.2) is 26.2 Å². The Bertz CT molecular complexity index is 741. The molecule has 0 aliphatic carbocycles. The number of nitrogens with one attached hydrogen (secondary N) is 1. The maximum atomic E-state index is 10.9. The van der Waals surface area contributed by atoms with Gasteiger partial charge >= 0.3 is 5.97 Å². The highest BCUT2D eigenvalue weighted by molar-refractivity contribution is 5.94. The normalized spacial score (nSPS) is 10.9. The average molecular weight is 244 g/mol. The fourth-order valence-electron chi connectivity index (χ4n) is 1.83. The van der Waals surface area contributed by atoms with Crippen LogP contribution in [0.3, 0.4) is 0 Å². The Morgan fingerprint density at radius 3 is 2.94 bits per heavy atom. The largest absolute Gasteiger partial charge is 0.508 e. The smallest absolute Gasteiger partial charge is 0.358 e. The summed E-state index contributed by atoms with van der Waals surface area (Å²) in [6.07, 6.45) is 1.09. The van der Waals surface area contributed by atoms with Crippen LogP contribution < -0.4 is 0 Å². The number of hydrogen-bond donors (Lipinski definition) is 3. The number of nitrogens with zero attached hydrogens (tertiary/aromatic N) is 1. The highest BCUT2D eigenvalue weighted by atomic mass is 16.4. The Hall–Kier alpha value is -2.76. The number of phenols is 1. The van der Waals surface area contributed by atoms with Crippen LogP contribution in [0.15, 0.2) is 35.1 Å². The molecule has 3 aromatic rings. The van der Waals surface area contributed by atoms with Gasteiger partial charge in [-0.05, 0) is 18.2 Å². The average Bonchev–Trinajstić information content (AvgIpc) is 2.93. The molecule has 6 heteroatoms. The number of hydrogen-bond acceptors (Lipinski definition) is 4. The summed E-state index contributed by atoms with van der Waals surface area (Å²) in [5.41, 5.74) is 1.05. The zero-order valence-electron chi connectivity index (χ0n) is 9.04. The molecule has 0 fully saturated rings. The fraction of sp³-hybridized carbons (Fsp3) is 0. The molecule has 1 aromatic carbocycles. The molecule has 90 valence electrons. The molecule has 18 heavy (non-hydrogen) atoms. The number of aromatic carboxylic acids is 1. The Morgan fingerprint density at radius 1 is 1.33 bits per heavy atom. The lowest BCUT2D eigenvalue weighted by Gasteiger charge is -1.92. The number of fused-ring (bicyclic) bond motifs is 1. The second-order valence-electron chi connectivity index (χ2n) is 3.79.